The van der Waals surface area contributed by atoms with Crippen molar-refractivity contribution in [2.45, 2.75) is 12.8 Å². The van der Waals surface area contributed by atoms with Gasteiger partial charge in [-0.05, 0) is 25.5 Å². The third-order valence-electron chi connectivity index (χ3n) is 1.81. The summed E-state index contributed by atoms with van der Waals surface area (Å²) in [6.45, 7) is 5.82. The topological polar surface area (TPSA) is 20.2 Å². The molecule has 1 atom stereocenters. The van der Waals surface area contributed by atoms with Crippen LogP contribution in [-0.2, 0) is 0 Å². The molecule has 0 aliphatic rings. The number of benzene rings is 1. The lowest BCUT2D eigenvalue weighted by molar-refractivity contribution is 0.282. The Bertz CT molecular complexity index is 271. The van der Waals surface area contributed by atoms with Crippen LogP contribution in [0.15, 0.2) is 18.2 Å². The number of rotatable bonds is 2. The molecule has 0 saturated carbocycles. The second-order valence-corrected chi connectivity index (χ2v) is 3.31. The fourth-order valence-corrected chi connectivity index (χ4v) is 1.35. The molecule has 1 unspecified atom stereocenters. The van der Waals surface area contributed by atoms with Gasteiger partial charge in [0.1, 0.15) is 0 Å². The Morgan fingerprint density at radius 2 is 2.25 bits per heavy atom. The summed E-state index contributed by atoms with van der Waals surface area (Å²) in [7, 11) is 0. The van der Waals surface area contributed by atoms with Gasteiger partial charge in [0, 0.05) is 17.5 Å². The van der Waals surface area contributed by atoms with Crippen LogP contribution in [0.25, 0.3) is 0 Å². The van der Waals surface area contributed by atoms with E-state index in [0.717, 1.165) is 11.1 Å². The molecule has 0 bridgehead atoms. The number of aryl methyl sites for hydroxylation is 1. The Balaban J connectivity index is 3.04. The number of hydrogen-bond acceptors (Lipinski definition) is 1. The van der Waals surface area contributed by atoms with Crippen LogP contribution in [0, 0.1) is 13.8 Å². The summed E-state index contributed by atoms with van der Waals surface area (Å²) in [4.78, 5) is 0. The maximum Gasteiger partial charge on any atom is 0.0500 e. The van der Waals surface area contributed by atoms with E-state index in [1.165, 1.54) is 0 Å². The van der Waals surface area contributed by atoms with Crippen molar-refractivity contribution in [1.29, 1.82) is 0 Å². The van der Waals surface area contributed by atoms with Crippen LogP contribution in [0.2, 0.25) is 5.02 Å². The van der Waals surface area contributed by atoms with Crippen molar-refractivity contribution in [3.63, 3.8) is 0 Å². The highest BCUT2D eigenvalue weighted by Gasteiger charge is 2.07. The van der Waals surface area contributed by atoms with Gasteiger partial charge in [-0.1, -0.05) is 29.3 Å². The first kappa shape index (κ1) is 9.56. The van der Waals surface area contributed by atoms with E-state index < -0.39 is 0 Å². The summed E-state index contributed by atoms with van der Waals surface area (Å²) in [5, 5.41) is 9.56. The van der Waals surface area contributed by atoms with Crippen molar-refractivity contribution in [1.82, 2.24) is 0 Å². The highest BCUT2D eigenvalue weighted by atomic mass is 35.5. The van der Waals surface area contributed by atoms with Crippen molar-refractivity contribution < 1.29 is 5.11 Å². The second-order valence-electron chi connectivity index (χ2n) is 2.90. The van der Waals surface area contributed by atoms with Gasteiger partial charge in [0.05, 0.1) is 0 Å². The Kier molecular flexibility index (Phi) is 3.12. The second kappa shape index (κ2) is 3.92. The summed E-state index contributed by atoms with van der Waals surface area (Å²) in [6.07, 6.45) is 0. The van der Waals surface area contributed by atoms with Crippen molar-refractivity contribution >= 4 is 11.6 Å². The molecule has 0 aliphatic carbocycles. The van der Waals surface area contributed by atoms with E-state index in [0.29, 0.717) is 5.02 Å². The minimum absolute atomic E-state index is 0.0309. The molecule has 1 aromatic rings. The molecular weight excluding hydrogens is 172 g/mol. The Morgan fingerprint density at radius 1 is 1.58 bits per heavy atom. The normalized spacial score (nSPS) is 13.0. The molecule has 1 nitrogen and oxygen atoms in total. The van der Waals surface area contributed by atoms with Gasteiger partial charge in [-0.25, -0.2) is 0 Å². The van der Waals surface area contributed by atoms with E-state index in [2.05, 4.69) is 6.92 Å². The number of hydrogen-bond donors (Lipinski definition) is 1. The van der Waals surface area contributed by atoms with Gasteiger partial charge in [0.25, 0.3) is 0 Å². The van der Waals surface area contributed by atoms with Crippen molar-refractivity contribution in [2.24, 2.45) is 0 Å². The summed E-state index contributed by atoms with van der Waals surface area (Å²) >= 11 is 5.92. The van der Waals surface area contributed by atoms with Gasteiger partial charge in [0.15, 0.2) is 0 Å². The van der Waals surface area contributed by atoms with E-state index in [9.17, 15) is 0 Å². The molecule has 1 N–H and O–H groups in total. The Hall–Kier alpha value is -0.530. The predicted octanol–water partition coefficient (Wildman–Crippen LogP) is 2.56. The van der Waals surface area contributed by atoms with Crippen LogP contribution in [0.3, 0.4) is 0 Å². The molecule has 0 aliphatic heterocycles. The minimum Gasteiger partial charge on any atom is -0.396 e. The van der Waals surface area contributed by atoms with Gasteiger partial charge in [0.2, 0.25) is 0 Å². The van der Waals surface area contributed by atoms with E-state index in [4.69, 9.17) is 16.7 Å². The third kappa shape index (κ3) is 1.99. The van der Waals surface area contributed by atoms with Gasteiger partial charge in [-0.2, -0.15) is 0 Å². The first-order chi connectivity index (χ1) is 5.65. The molecule has 1 aromatic carbocycles. The molecule has 2 heteroatoms. The number of aliphatic hydroxyl groups excluding tert-OH is 1. The van der Waals surface area contributed by atoms with Crippen molar-refractivity contribution in [3.05, 3.63) is 41.3 Å². The molecule has 0 aromatic heterocycles. The lowest BCUT2D eigenvalue weighted by Crippen LogP contribution is -2.00. The van der Waals surface area contributed by atoms with Crippen LogP contribution in [0.4, 0.5) is 0 Å². The lowest BCUT2D eigenvalue weighted by atomic mass is 10.0. The third-order valence-corrected chi connectivity index (χ3v) is 2.16. The molecule has 0 spiro atoms. The highest BCUT2D eigenvalue weighted by molar-refractivity contribution is 6.31. The molecule has 12 heavy (non-hydrogen) atoms. The van der Waals surface area contributed by atoms with Gasteiger partial charge in [-0.15, -0.1) is 0 Å². The maximum atomic E-state index is 8.88. The maximum absolute atomic E-state index is 8.88. The molecule has 0 saturated heterocycles. The number of halogens is 1. The zero-order valence-electron chi connectivity index (χ0n) is 7.05. The van der Waals surface area contributed by atoms with Crippen LogP contribution in [0.5, 0.6) is 0 Å². The van der Waals surface area contributed by atoms with E-state index >= 15 is 0 Å². The van der Waals surface area contributed by atoms with Crippen molar-refractivity contribution in [2.75, 3.05) is 6.61 Å². The minimum atomic E-state index is -0.127. The SMILES string of the molecule is [CH2]C(CO)c1cc(C)ccc1Cl. The molecule has 0 fully saturated rings. The molecule has 0 heterocycles. The summed E-state index contributed by atoms with van der Waals surface area (Å²) in [5.74, 6) is -0.127. The predicted molar refractivity (Wildman–Crippen MR) is 51.4 cm³/mol. The summed E-state index contributed by atoms with van der Waals surface area (Å²) < 4.78 is 0. The van der Waals surface area contributed by atoms with E-state index in [-0.39, 0.29) is 12.5 Å². The Labute approximate surface area is 78.0 Å². The molecule has 1 radical (unpaired) electrons. The fraction of sp³-hybridized carbons (Fsp3) is 0.300. The highest BCUT2D eigenvalue weighted by Crippen LogP contribution is 2.24. The molecule has 65 valence electrons. The van der Waals surface area contributed by atoms with Gasteiger partial charge < -0.3 is 5.11 Å². The summed E-state index contributed by atoms with van der Waals surface area (Å²) in [6, 6.07) is 5.73. The van der Waals surface area contributed by atoms with Crippen LogP contribution < -0.4 is 0 Å². The molecular formula is C10H12ClO. The lowest BCUT2D eigenvalue weighted by Gasteiger charge is -2.10. The molecule has 0 amide bonds. The van der Waals surface area contributed by atoms with Gasteiger partial charge >= 0.3 is 0 Å². The molecule has 1 rings (SSSR count). The van der Waals surface area contributed by atoms with E-state index in [1.54, 1.807) is 0 Å². The zero-order chi connectivity index (χ0) is 9.14. The largest absolute Gasteiger partial charge is 0.396 e. The van der Waals surface area contributed by atoms with Crippen molar-refractivity contribution in [3.8, 4) is 0 Å². The van der Waals surface area contributed by atoms with Gasteiger partial charge in [-0.3, -0.25) is 0 Å². The van der Waals surface area contributed by atoms with Crippen LogP contribution >= 0.6 is 11.6 Å². The smallest absolute Gasteiger partial charge is 0.0500 e. The van der Waals surface area contributed by atoms with Crippen LogP contribution in [-0.4, -0.2) is 11.7 Å². The summed E-state index contributed by atoms with van der Waals surface area (Å²) in [5.41, 5.74) is 2.05. The van der Waals surface area contributed by atoms with E-state index in [1.807, 2.05) is 25.1 Å². The fourth-order valence-electron chi connectivity index (χ4n) is 1.07. The monoisotopic (exact) mass is 183 g/mol. The average molecular weight is 184 g/mol. The average Bonchev–Trinajstić information content (AvgIpc) is 2.08. The quantitative estimate of drug-likeness (QED) is 0.747. The zero-order valence-corrected chi connectivity index (χ0v) is 7.80. The standard InChI is InChI=1S/C10H12ClO/c1-7-3-4-10(11)9(5-7)8(2)6-12/h3-5,8,12H,2,6H2,1H3. The Morgan fingerprint density at radius 3 is 2.83 bits per heavy atom. The number of aliphatic hydroxyl groups is 1. The van der Waals surface area contributed by atoms with Crippen LogP contribution in [0.1, 0.15) is 17.0 Å². The first-order valence-electron chi connectivity index (χ1n) is 3.85. The first-order valence-corrected chi connectivity index (χ1v) is 4.23.